The highest BCUT2D eigenvalue weighted by Crippen LogP contribution is 2.21. The predicted molar refractivity (Wildman–Crippen MR) is 97.0 cm³/mol. The summed E-state index contributed by atoms with van der Waals surface area (Å²) in [6.07, 6.45) is 1.60. The minimum Gasteiger partial charge on any atom is -0.353 e. The van der Waals surface area contributed by atoms with E-state index in [0.29, 0.717) is 18.7 Å². The number of hydrogen-bond donors (Lipinski definition) is 2. The maximum atomic E-state index is 12.6. The molecule has 2 amide bonds. The van der Waals surface area contributed by atoms with Crippen LogP contribution in [-0.4, -0.2) is 48.9 Å². The van der Waals surface area contributed by atoms with Crippen LogP contribution in [0.25, 0.3) is 0 Å². The molecule has 1 unspecified atom stereocenters. The number of halogens is 2. The molecule has 1 atom stereocenters. The highest BCUT2D eigenvalue weighted by molar-refractivity contribution is 9.10. The average Bonchev–Trinajstić information content (AvgIpc) is 3.01. The molecule has 0 spiro atoms. The molecule has 7 heteroatoms. The molecule has 1 aliphatic rings. The SMILES string of the molecule is CCNCCNC(=O)C1CCCN1C(=O)c1ccc(Br)cc1.Cl. The number of rotatable bonds is 6. The van der Waals surface area contributed by atoms with Crippen LogP contribution in [-0.2, 0) is 4.79 Å². The molecule has 1 fully saturated rings. The second-order valence-corrected chi connectivity index (χ2v) is 6.22. The van der Waals surface area contributed by atoms with Gasteiger partial charge in [-0.25, -0.2) is 0 Å². The molecule has 1 saturated heterocycles. The predicted octanol–water partition coefficient (Wildman–Crippen LogP) is 2.20. The summed E-state index contributed by atoms with van der Waals surface area (Å²) in [5, 5.41) is 6.06. The number of nitrogens with one attached hydrogen (secondary N) is 2. The zero-order valence-electron chi connectivity index (χ0n) is 13.2. The van der Waals surface area contributed by atoms with Crippen LogP contribution in [0.2, 0.25) is 0 Å². The summed E-state index contributed by atoms with van der Waals surface area (Å²) in [5.74, 6) is -0.127. The molecule has 0 aromatic heterocycles. The van der Waals surface area contributed by atoms with Gasteiger partial charge in [0.25, 0.3) is 5.91 Å². The van der Waals surface area contributed by atoms with E-state index in [0.717, 1.165) is 30.4 Å². The fourth-order valence-electron chi connectivity index (χ4n) is 2.61. The Bertz CT molecular complexity index is 525. The Morgan fingerprint density at radius 1 is 1.26 bits per heavy atom. The summed E-state index contributed by atoms with van der Waals surface area (Å²) in [7, 11) is 0. The zero-order chi connectivity index (χ0) is 15.9. The average molecular weight is 405 g/mol. The van der Waals surface area contributed by atoms with Crippen molar-refractivity contribution in [1.29, 1.82) is 0 Å². The van der Waals surface area contributed by atoms with E-state index in [2.05, 4.69) is 26.6 Å². The highest BCUT2D eigenvalue weighted by Gasteiger charge is 2.34. The van der Waals surface area contributed by atoms with Crippen LogP contribution < -0.4 is 10.6 Å². The fourth-order valence-corrected chi connectivity index (χ4v) is 2.87. The Kier molecular flexibility index (Phi) is 8.58. The van der Waals surface area contributed by atoms with E-state index < -0.39 is 0 Å². The van der Waals surface area contributed by atoms with Gasteiger partial charge in [-0.3, -0.25) is 9.59 Å². The summed E-state index contributed by atoms with van der Waals surface area (Å²) in [4.78, 5) is 26.5. The Morgan fingerprint density at radius 2 is 1.96 bits per heavy atom. The molecule has 1 aliphatic heterocycles. The Morgan fingerprint density at radius 3 is 2.61 bits per heavy atom. The van der Waals surface area contributed by atoms with E-state index >= 15 is 0 Å². The first-order valence-electron chi connectivity index (χ1n) is 7.68. The fraction of sp³-hybridized carbons (Fsp3) is 0.500. The Hall–Kier alpha value is -1.11. The van der Waals surface area contributed by atoms with Crippen LogP contribution in [0.1, 0.15) is 30.1 Å². The lowest BCUT2D eigenvalue weighted by molar-refractivity contribution is -0.124. The van der Waals surface area contributed by atoms with Gasteiger partial charge in [-0.1, -0.05) is 22.9 Å². The molecule has 1 aromatic rings. The van der Waals surface area contributed by atoms with Crippen molar-refractivity contribution in [3.05, 3.63) is 34.3 Å². The van der Waals surface area contributed by atoms with Gasteiger partial charge < -0.3 is 15.5 Å². The summed E-state index contributed by atoms with van der Waals surface area (Å²) in [6.45, 7) is 4.88. The number of amides is 2. The summed E-state index contributed by atoms with van der Waals surface area (Å²) < 4.78 is 0.934. The third kappa shape index (κ3) is 5.48. The molecule has 2 rings (SSSR count). The largest absolute Gasteiger partial charge is 0.353 e. The van der Waals surface area contributed by atoms with Crippen molar-refractivity contribution < 1.29 is 9.59 Å². The van der Waals surface area contributed by atoms with Gasteiger partial charge in [0.1, 0.15) is 6.04 Å². The van der Waals surface area contributed by atoms with Crippen LogP contribution >= 0.6 is 28.3 Å². The van der Waals surface area contributed by atoms with Crippen molar-refractivity contribution in [1.82, 2.24) is 15.5 Å². The van der Waals surface area contributed by atoms with Crippen molar-refractivity contribution in [2.24, 2.45) is 0 Å². The van der Waals surface area contributed by atoms with Gasteiger partial charge in [0, 0.05) is 29.7 Å². The highest BCUT2D eigenvalue weighted by atomic mass is 79.9. The number of benzene rings is 1. The quantitative estimate of drug-likeness (QED) is 0.715. The minimum atomic E-state index is -0.349. The number of likely N-dealkylation sites (N-methyl/N-ethyl adjacent to an activating group) is 1. The van der Waals surface area contributed by atoms with Crippen molar-refractivity contribution in [3.63, 3.8) is 0 Å². The van der Waals surface area contributed by atoms with E-state index in [9.17, 15) is 9.59 Å². The molecular formula is C16H23BrClN3O2. The van der Waals surface area contributed by atoms with Crippen molar-refractivity contribution in [2.75, 3.05) is 26.2 Å². The topological polar surface area (TPSA) is 61.4 Å². The van der Waals surface area contributed by atoms with Gasteiger partial charge in [-0.15, -0.1) is 12.4 Å². The second-order valence-electron chi connectivity index (χ2n) is 5.31. The zero-order valence-corrected chi connectivity index (χ0v) is 15.6. The molecule has 1 aromatic carbocycles. The lowest BCUT2D eigenvalue weighted by atomic mass is 10.1. The number of carbonyl (C=O) groups is 2. The van der Waals surface area contributed by atoms with Crippen molar-refractivity contribution in [3.8, 4) is 0 Å². The van der Waals surface area contributed by atoms with Crippen LogP contribution in [0.5, 0.6) is 0 Å². The molecule has 0 bridgehead atoms. The molecule has 5 nitrogen and oxygen atoms in total. The first kappa shape index (κ1) is 19.9. The van der Waals surface area contributed by atoms with E-state index in [4.69, 9.17) is 0 Å². The third-order valence-corrected chi connectivity index (χ3v) is 4.29. The summed E-state index contributed by atoms with van der Waals surface area (Å²) in [5.41, 5.74) is 0.621. The molecule has 0 saturated carbocycles. The lowest BCUT2D eigenvalue weighted by Gasteiger charge is -2.24. The van der Waals surface area contributed by atoms with Gasteiger partial charge in [-0.05, 0) is 43.7 Å². The van der Waals surface area contributed by atoms with Crippen LogP contribution in [0, 0.1) is 0 Å². The van der Waals surface area contributed by atoms with Gasteiger partial charge in [0.05, 0.1) is 0 Å². The maximum Gasteiger partial charge on any atom is 0.254 e. The normalized spacial score (nSPS) is 16.8. The molecule has 23 heavy (non-hydrogen) atoms. The molecular weight excluding hydrogens is 382 g/mol. The molecule has 2 N–H and O–H groups in total. The Balaban J connectivity index is 0.00000264. The smallest absolute Gasteiger partial charge is 0.254 e. The molecule has 0 aliphatic carbocycles. The standard InChI is InChI=1S/C16H22BrN3O2.ClH/c1-2-18-9-10-19-15(21)14-4-3-11-20(14)16(22)12-5-7-13(17)8-6-12;/h5-8,14,18H,2-4,9-11H2,1H3,(H,19,21);1H. The number of carbonyl (C=O) groups excluding carboxylic acids is 2. The van der Waals surface area contributed by atoms with E-state index in [1.165, 1.54) is 0 Å². The van der Waals surface area contributed by atoms with Crippen LogP contribution in [0.15, 0.2) is 28.7 Å². The van der Waals surface area contributed by atoms with Gasteiger partial charge >= 0.3 is 0 Å². The van der Waals surface area contributed by atoms with Gasteiger partial charge in [-0.2, -0.15) is 0 Å². The Labute approximate surface area is 151 Å². The number of likely N-dealkylation sites (tertiary alicyclic amines) is 1. The first-order valence-corrected chi connectivity index (χ1v) is 8.47. The first-order chi connectivity index (χ1) is 10.6. The van der Waals surface area contributed by atoms with Crippen molar-refractivity contribution >= 4 is 40.2 Å². The monoisotopic (exact) mass is 403 g/mol. The van der Waals surface area contributed by atoms with Crippen molar-refractivity contribution in [2.45, 2.75) is 25.8 Å². The summed E-state index contributed by atoms with van der Waals surface area (Å²) >= 11 is 3.36. The van der Waals surface area contributed by atoms with Crippen LogP contribution in [0.3, 0.4) is 0 Å². The van der Waals surface area contributed by atoms with E-state index in [-0.39, 0.29) is 30.3 Å². The summed E-state index contributed by atoms with van der Waals surface area (Å²) in [6, 6.07) is 6.90. The molecule has 0 radical (unpaired) electrons. The maximum absolute atomic E-state index is 12.6. The number of hydrogen-bond acceptors (Lipinski definition) is 3. The van der Waals surface area contributed by atoms with Gasteiger partial charge in [0.15, 0.2) is 0 Å². The van der Waals surface area contributed by atoms with Gasteiger partial charge in [0.2, 0.25) is 5.91 Å². The second kappa shape index (κ2) is 9.90. The van der Waals surface area contributed by atoms with E-state index in [1.54, 1.807) is 17.0 Å². The number of nitrogens with zero attached hydrogens (tertiary/aromatic N) is 1. The minimum absolute atomic E-state index is 0. The van der Waals surface area contributed by atoms with E-state index in [1.807, 2.05) is 19.1 Å². The van der Waals surface area contributed by atoms with Crippen LogP contribution in [0.4, 0.5) is 0 Å². The molecule has 128 valence electrons. The molecule has 1 heterocycles. The lowest BCUT2D eigenvalue weighted by Crippen LogP contribution is -2.47. The third-order valence-electron chi connectivity index (χ3n) is 3.76.